The van der Waals surface area contributed by atoms with E-state index in [4.69, 9.17) is 4.74 Å². The Hall–Kier alpha value is -1.04. The van der Waals surface area contributed by atoms with Crippen LogP contribution in [-0.4, -0.2) is 43.3 Å². The first-order valence-corrected chi connectivity index (χ1v) is 7.46. The molecule has 118 valence electrons. The molecule has 0 bridgehead atoms. The molecule has 0 spiro atoms. The van der Waals surface area contributed by atoms with Crippen LogP contribution < -0.4 is 5.32 Å². The number of morpholine rings is 1. The van der Waals surface area contributed by atoms with Crippen molar-refractivity contribution in [3.63, 3.8) is 0 Å². The maximum absolute atomic E-state index is 14.1. The van der Waals surface area contributed by atoms with Crippen molar-refractivity contribution in [2.45, 2.75) is 32.4 Å². The summed E-state index contributed by atoms with van der Waals surface area (Å²) in [5.41, 5.74) is 0.287. The normalized spacial score (nSPS) is 20.4. The van der Waals surface area contributed by atoms with E-state index in [2.05, 4.69) is 24.1 Å². The van der Waals surface area contributed by atoms with Crippen molar-refractivity contribution in [1.82, 2.24) is 10.2 Å². The van der Waals surface area contributed by atoms with E-state index >= 15 is 0 Å². The minimum atomic E-state index is -0.795. The van der Waals surface area contributed by atoms with E-state index in [1.54, 1.807) is 12.1 Å². The van der Waals surface area contributed by atoms with Gasteiger partial charge in [-0.3, -0.25) is 4.90 Å². The molecule has 1 heterocycles. The van der Waals surface area contributed by atoms with E-state index in [9.17, 15) is 8.78 Å². The van der Waals surface area contributed by atoms with Crippen LogP contribution in [0.15, 0.2) is 18.2 Å². The van der Waals surface area contributed by atoms with Gasteiger partial charge in [0, 0.05) is 30.2 Å². The second-order valence-corrected chi connectivity index (χ2v) is 6.06. The molecule has 1 aromatic rings. The third kappa shape index (κ3) is 3.78. The Morgan fingerprint density at radius 2 is 2.14 bits per heavy atom. The summed E-state index contributed by atoms with van der Waals surface area (Å²) in [6, 6.07) is 4.13. The molecule has 2 rings (SSSR count). The molecule has 3 nitrogen and oxygen atoms in total. The van der Waals surface area contributed by atoms with Crippen LogP contribution in [0.5, 0.6) is 0 Å². The number of halogens is 2. The third-order valence-electron chi connectivity index (χ3n) is 4.03. The van der Waals surface area contributed by atoms with Crippen LogP contribution in [0.3, 0.4) is 0 Å². The first-order chi connectivity index (χ1) is 9.95. The zero-order valence-electron chi connectivity index (χ0n) is 13.0. The fourth-order valence-electron chi connectivity index (χ4n) is 2.76. The van der Waals surface area contributed by atoms with Gasteiger partial charge in [0.25, 0.3) is 0 Å². The number of benzene rings is 1. The van der Waals surface area contributed by atoms with Crippen molar-refractivity contribution >= 4 is 0 Å². The van der Waals surface area contributed by atoms with Crippen LogP contribution in [0, 0.1) is 11.6 Å². The fraction of sp³-hybridized carbons (Fsp3) is 0.625. The van der Waals surface area contributed by atoms with Crippen LogP contribution in [0.25, 0.3) is 0 Å². The van der Waals surface area contributed by atoms with Crippen molar-refractivity contribution in [1.29, 1.82) is 0 Å². The van der Waals surface area contributed by atoms with E-state index < -0.39 is 11.6 Å². The Morgan fingerprint density at radius 1 is 1.38 bits per heavy atom. The Kier molecular flexibility index (Phi) is 5.30. The minimum Gasteiger partial charge on any atom is -0.378 e. The number of nitrogens with zero attached hydrogens (tertiary/aromatic N) is 1. The molecule has 1 aliphatic rings. The molecule has 21 heavy (non-hydrogen) atoms. The van der Waals surface area contributed by atoms with E-state index in [1.807, 2.05) is 6.92 Å². The quantitative estimate of drug-likeness (QED) is 0.904. The Morgan fingerprint density at radius 3 is 2.81 bits per heavy atom. The van der Waals surface area contributed by atoms with E-state index in [0.717, 1.165) is 12.6 Å². The zero-order chi connectivity index (χ0) is 15.5. The molecular formula is C16H24F2N2O. The van der Waals surface area contributed by atoms with Crippen molar-refractivity contribution in [3.05, 3.63) is 35.4 Å². The number of hydrogen-bond donors (Lipinski definition) is 1. The summed E-state index contributed by atoms with van der Waals surface area (Å²) in [6.45, 7) is 9.63. The molecule has 1 saturated heterocycles. The Balaban J connectivity index is 2.21. The molecule has 0 saturated carbocycles. The topological polar surface area (TPSA) is 24.5 Å². The molecule has 0 aliphatic carbocycles. The van der Waals surface area contributed by atoms with Crippen LogP contribution in [0.4, 0.5) is 8.78 Å². The summed E-state index contributed by atoms with van der Waals surface area (Å²) in [4.78, 5) is 2.27. The highest BCUT2D eigenvalue weighted by Gasteiger charge is 2.32. The van der Waals surface area contributed by atoms with Crippen LogP contribution in [0.2, 0.25) is 0 Å². The van der Waals surface area contributed by atoms with Crippen LogP contribution >= 0.6 is 0 Å². The first kappa shape index (κ1) is 16.3. The van der Waals surface area contributed by atoms with Gasteiger partial charge in [-0.2, -0.15) is 0 Å². The smallest absolute Gasteiger partial charge is 0.163 e. The largest absolute Gasteiger partial charge is 0.378 e. The lowest BCUT2D eigenvalue weighted by molar-refractivity contribution is -0.0546. The maximum Gasteiger partial charge on any atom is 0.163 e. The standard InChI is InChI=1S/C16H24F2N2O/c1-4-19-14(12-6-5-7-13(17)15(12)18)10-20-8-9-21-11-16(20,2)3/h5-7,14,19H,4,8-11H2,1-3H3. The molecule has 1 aliphatic heterocycles. The average molecular weight is 298 g/mol. The van der Waals surface area contributed by atoms with Crippen molar-refractivity contribution < 1.29 is 13.5 Å². The van der Waals surface area contributed by atoms with Gasteiger partial charge < -0.3 is 10.1 Å². The molecule has 0 aromatic heterocycles. The van der Waals surface area contributed by atoms with Crippen LogP contribution in [0.1, 0.15) is 32.4 Å². The molecule has 1 atom stereocenters. The molecule has 1 N–H and O–H groups in total. The molecule has 5 heteroatoms. The predicted molar refractivity (Wildman–Crippen MR) is 79.2 cm³/mol. The van der Waals surface area contributed by atoms with Crippen molar-refractivity contribution in [3.8, 4) is 0 Å². The molecule has 1 aromatic carbocycles. The molecule has 0 radical (unpaired) electrons. The molecule has 1 fully saturated rings. The van der Waals surface area contributed by atoms with Gasteiger partial charge >= 0.3 is 0 Å². The number of hydrogen-bond acceptors (Lipinski definition) is 3. The Labute approximate surface area is 125 Å². The van der Waals surface area contributed by atoms with Gasteiger partial charge in [-0.25, -0.2) is 8.78 Å². The third-order valence-corrected chi connectivity index (χ3v) is 4.03. The lowest BCUT2D eigenvalue weighted by Gasteiger charge is -2.43. The Bertz CT molecular complexity index is 479. The van der Waals surface area contributed by atoms with E-state index in [-0.39, 0.29) is 11.6 Å². The highest BCUT2D eigenvalue weighted by molar-refractivity contribution is 5.23. The predicted octanol–water partition coefficient (Wildman–Crippen LogP) is 2.73. The van der Waals surface area contributed by atoms with Gasteiger partial charge in [-0.15, -0.1) is 0 Å². The monoisotopic (exact) mass is 298 g/mol. The van der Waals surface area contributed by atoms with Gasteiger partial charge in [-0.05, 0) is 26.5 Å². The van der Waals surface area contributed by atoms with Gasteiger partial charge in [0.2, 0.25) is 0 Å². The minimum absolute atomic E-state index is 0.101. The molecule has 1 unspecified atom stereocenters. The molecule has 0 amide bonds. The van der Waals surface area contributed by atoms with Gasteiger partial charge in [-0.1, -0.05) is 19.1 Å². The van der Waals surface area contributed by atoms with Gasteiger partial charge in [0.15, 0.2) is 11.6 Å². The number of nitrogens with one attached hydrogen (secondary N) is 1. The second kappa shape index (κ2) is 6.81. The summed E-state index contributed by atoms with van der Waals surface area (Å²) < 4.78 is 33.0. The summed E-state index contributed by atoms with van der Waals surface area (Å²) >= 11 is 0. The fourth-order valence-corrected chi connectivity index (χ4v) is 2.76. The summed E-state index contributed by atoms with van der Waals surface area (Å²) in [6.07, 6.45) is 0. The van der Waals surface area contributed by atoms with E-state index in [0.29, 0.717) is 31.9 Å². The number of rotatable bonds is 5. The summed E-state index contributed by atoms with van der Waals surface area (Å²) in [7, 11) is 0. The average Bonchev–Trinajstić information content (AvgIpc) is 2.43. The molecular weight excluding hydrogens is 274 g/mol. The van der Waals surface area contributed by atoms with E-state index in [1.165, 1.54) is 0 Å². The summed E-state index contributed by atoms with van der Waals surface area (Å²) in [5, 5.41) is 3.26. The highest BCUT2D eigenvalue weighted by Crippen LogP contribution is 2.25. The lowest BCUT2D eigenvalue weighted by Crippen LogP contribution is -2.55. The lowest BCUT2D eigenvalue weighted by atomic mass is 9.98. The van der Waals surface area contributed by atoms with Crippen molar-refractivity contribution in [2.75, 3.05) is 32.8 Å². The van der Waals surface area contributed by atoms with Crippen LogP contribution in [-0.2, 0) is 4.74 Å². The first-order valence-electron chi connectivity index (χ1n) is 7.46. The number of ether oxygens (including phenoxy) is 1. The summed E-state index contributed by atoms with van der Waals surface area (Å²) in [5.74, 6) is -1.55. The van der Waals surface area contributed by atoms with Crippen molar-refractivity contribution in [2.24, 2.45) is 0 Å². The van der Waals surface area contributed by atoms with Gasteiger partial charge in [0.1, 0.15) is 0 Å². The van der Waals surface area contributed by atoms with Gasteiger partial charge in [0.05, 0.1) is 13.2 Å². The zero-order valence-corrected chi connectivity index (χ0v) is 13.0. The SMILES string of the molecule is CCNC(CN1CCOCC1(C)C)c1cccc(F)c1F. The maximum atomic E-state index is 14.1. The number of likely N-dealkylation sites (N-methyl/N-ethyl adjacent to an activating group) is 1. The second-order valence-electron chi connectivity index (χ2n) is 6.06. The highest BCUT2D eigenvalue weighted by atomic mass is 19.2.